The van der Waals surface area contributed by atoms with Crippen LogP contribution in [0.3, 0.4) is 0 Å². The second kappa shape index (κ2) is 4.81. The number of alkyl halides is 1. The largest absolute Gasteiger partial charge is 0.478 e. The van der Waals surface area contributed by atoms with Crippen LogP contribution in [0.1, 0.15) is 34.0 Å². The van der Waals surface area contributed by atoms with Gasteiger partial charge in [-0.1, -0.05) is 19.1 Å². The van der Waals surface area contributed by atoms with Gasteiger partial charge in [0.25, 0.3) is 0 Å². The number of nitriles is 1. The van der Waals surface area contributed by atoms with Crippen LogP contribution < -0.4 is 0 Å². The molecule has 0 fully saturated rings. The van der Waals surface area contributed by atoms with E-state index in [0.717, 1.165) is 5.56 Å². The Morgan fingerprint density at radius 1 is 1.53 bits per heavy atom. The first kappa shape index (κ1) is 11.5. The van der Waals surface area contributed by atoms with Gasteiger partial charge in [0.05, 0.1) is 11.1 Å². The zero-order chi connectivity index (χ0) is 11.4. The van der Waals surface area contributed by atoms with Gasteiger partial charge in [0.2, 0.25) is 0 Å². The first-order valence-corrected chi connectivity index (χ1v) is 5.03. The summed E-state index contributed by atoms with van der Waals surface area (Å²) in [4.78, 5) is 11.0. The third-order valence-corrected chi connectivity index (χ3v) is 2.52. The molecule has 1 aromatic carbocycles. The van der Waals surface area contributed by atoms with Gasteiger partial charge in [-0.3, -0.25) is 0 Å². The maximum atomic E-state index is 11.0. The number of carboxylic acids is 1. The van der Waals surface area contributed by atoms with E-state index in [9.17, 15) is 4.79 Å². The van der Waals surface area contributed by atoms with Crippen LogP contribution in [-0.2, 0) is 12.3 Å². The van der Waals surface area contributed by atoms with Crippen molar-refractivity contribution in [3.8, 4) is 6.07 Å². The molecule has 0 aromatic heterocycles. The van der Waals surface area contributed by atoms with Crippen LogP contribution in [0.2, 0.25) is 0 Å². The lowest BCUT2D eigenvalue weighted by molar-refractivity contribution is 0.0695. The maximum absolute atomic E-state index is 11.0. The van der Waals surface area contributed by atoms with Crippen molar-refractivity contribution in [2.24, 2.45) is 0 Å². The van der Waals surface area contributed by atoms with Gasteiger partial charge in [-0.15, -0.1) is 11.6 Å². The Morgan fingerprint density at radius 3 is 2.53 bits per heavy atom. The molecule has 0 heterocycles. The zero-order valence-corrected chi connectivity index (χ0v) is 9.01. The summed E-state index contributed by atoms with van der Waals surface area (Å²) in [5.41, 5.74) is 1.48. The minimum Gasteiger partial charge on any atom is -0.478 e. The van der Waals surface area contributed by atoms with Crippen molar-refractivity contribution in [1.82, 2.24) is 0 Å². The molecule has 0 saturated carbocycles. The Morgan fingerprint density at radius 2 is 2.13 bits per heavy atom. The normalized spacial score (nSPS) is 9.67. The van der Waals surface area contributed by atoms with Gasteiger partial charge in [0.1, 0.15) is 6.07 Å². The molecule has 15 heavy (non-hydrogen) atoms. The van der Waals surface area contributed by atoms with Crippen LogP contribution in [0.25, 0.3) is 0 Å². The van der Waals surface area contributed by atoms with Crippen LogP contribution in [0, 0.1) is 11.3 Å². The lowest BCUT2D eigenvalue weighted by Crippen LogP contribution is -2.07. The number of hydrogen-bond donors (Lipinski definition) is 1. The molecule has 0 radical (unpaired) electrons. The first-order valence-electron chi connectivity index (χ1n) is 4.49. The Labute approximate surface area is 92.9 Å². The predicted octanol–water partition coefficient (Wildman–Crippen LogP) is 2.56. The van der Waals surface area contributed by atoms with Gasteiger partial charge >= 0.3 is 5.97 Å². The summed E-state index contributed by atoms with van der Waals surface area (Å²) in [7, 11) is 0. The highest BCUT2D eigenvalue weighted by molar-refractivity contribution is 6.17. The van der Waals surface area contributed by atoms with E-state index in [1.807, 2.05) is 13.0 Å². The Balaban J connectivity index is 3.53. The van der Waals surface area contributed by atoms with Crippen molar-refractivity contribution < 1.29 is 9.90 Å². The molecular formula is C11H10ClNO2. The number of benzene rings is 1. The summed E-state index contributed by atoms with van der Waals surface area (Å²) in [6.45, 7) is 1.88. The average Bonchev–Trinajstić information content (AvgIpc) is 2.26. The standard InChI is InChI=1S/C11H10ClNO2/c1-2-7-3-4-8(5-12)10(11(14)15)9(7)6-13/h3-4H,2,5H2,1H3,(H,14,15). The summed E-state index contributed by atoms with van der Waals surface area (Å²) >= 11 is 5.63. The zero-order valence-electron chi connectivity index (χ0n) is 8.25. The second-order valence-corrected chi connectivity index (χ2v) is 3.31. The van der Waals surface area contributed by atoms with Gasteiger partial charge in [0, 0.05) is 5.88 Å². The van der Waals surface area contributed by atoms with Gasteiger partial charge in [-0.05, 0) is 17.5 Å². The van der Waals surface area contributed by atoms with E-state index in [1.165, 1.54) is 0 Å². The van der Waals surface area contributed by atoms with Crippen LogP contribution in [-0.4, -0.2) is 11.1 Å². The van der Waals surface area contributed by atoms with E-state index >= 15 is 0 Å². The highest BCUT2D eigenvalue weighted by atomic mass is 35.5. The first-order chi connectivity index (χ1) is 7.15. The summed E-state index contributed by atoms with van der Waals surface area (Å²) in [6.07, 6.45) is 0.631. The van der Waals surface area contributed by atoms with Crippen molar-refractivity contribution in [3.63, 3.8) is 0 Å². The van der Waals surface area contributed by atoms with Crippen LogP contribution >= 0.6 is 11.6 Å². The SMILES string of the molecule is CCc1ccc(CCl)c(C(=O)O)c1C#N. The van der Waals surface area contributed by atoms with Crippen LogP contribution in [0.5, 0.6) is 0 Å². The number of hydrogen-bond acceptors (Lipinski definition) is 2. The molecule has 0 aliphatic carbocycles. The molecule has 0 unspecified atom stereocenters. The number of rotatable bonds is 3. The third-order valence-electron chi connectivity index (χ3n) is 2.23. The highest BCUT2D eigenvalue weighted by Gasteiger charge is 2.17. The predicted molar refractivity (Wildman–Crippen MR) is 57.1 cm³/mol. The quantitative estimate of drug-likeness (QED) is 0.801. The van der Waals surface area contributed by atoms with Crippen molar-refractivity contribution in [3.05, 3.63) is 34.4 Å². The summed E-state index contributed by atoms with van der Waals surface area (Å²) in [5, 5.41) is 18.0. The average molecular weight is 224 g/mol. The fourth-order valence-electron chi connectivity index (χ4n) is 1.47. The lowest BCUT2D eigenvalue weighted by Gasteiger charge is -2.08. The summed E-state index contributed by atoms with van der Waals surface area (Å²) < 4.78 is 0. The van der Waals surface area contributed by atoms with Crippen molar-refractivity contribution in [2.75, 3.05) is 0 Å². The number of aryl methyl sites for hydroxylation is 1. The lowest BCUT2D eigenvalue weighted by atomic mass is 9.96. The third kappa shape index (κ3) is 2.11. The van der Waals surface area contributed by atoms with E-state index in [-0.39, 0.29) is 17.0 Å². The molecule has 0 amide bonds. The molecule has 1 aromatic rings. The number of carboxylic acid groups (broad SMARTS) is 1. The van der Waals surface area contributed by atoms with Crippen LogP contribution in [0.15, 0.2) is 12.1 Å². The molecule has 78 valence electrons. The van der Waals surface area contributed by atoms with E-state index in [4.69, 9.17) is 22.0 Å². The molecule has 1 rings (SSSR count). The monoisotopic (exact) mass is 223 g/mol. The number of nitrogens with zero attached hydrogens (tertiary/aromatic N) is 1. The van der Waals surface area contributed by atoms with E-state index in [1.54, 1.807) is 12.1 Å². The van der Waals surface area contributed by atoms with Gasteiger partial charge in [-0.25, -0.2) is 4.79 Å². The highest BCUT2D eigenvalue weighted by Crippen LogP contribution is 2.21. The molecule has 0 atom stereocenters. The summed E-state index contributed by atoms with van der Waals surface area (Å²) in [6, 6.07) is 5.35. The molecule has 0 aliphatic heterocycles. The van der Waals surface area contributed by atoms with Crippen molar-refractivity contribution in [1.29, 1.82) is 5.26 Å². The van der Waals surface area contributed by atoms with Crippen molar-refractivity contribution >= 4 is 17.6 Å². The molecule has 3 nitrogen and oxygen atoms in total. The van der Waals surface area contributed by atoms with Crippen LogP contribution in [0.4, 0.5) is 0 Å². The number of aromatic carboxylic acids is 1. The van der Waals surface area contributed by atoms with E-state index in [2.05, 4.69) is 0 Å². The minimum atomic E-state index is -1.10. The summed E-state index contributed by atoms with van der Waals surface area (Å²) in [5.74, 6) is -1.00. The smallest absolute Gasteiger partial charge is 0.337 e. The van der Waals surface area contributed by atoms with Gasteiger partial charge < -0.3 is 5.11 Å². The van der Waals surface area contributed by atoms with Gasteiger partial charge in [0.15, 0.2) is 0 Å². The van der Waals surface area contributed by atoms with E-state index < -0.39 is 5.97 Å². The fourth-order valence-corrected chi connectivity index (χ4v) is 1.69. The van der Waals surface area contributed by atoms with Gasteiger partial charge in [-0.2, -0.15) is 5.26 Å². The minimum absolute atomic E-state index is 0.0341. The van der Waals surface area contributed by atoms with E-state index in [0.29, 0.717) is 12.0 Å². The fraction of sp³-hybridized carbons (Fsp3) is 0.273. The Hall–Kier alpha value is -1.53. The topological polar surface area (TPSA) is 61.1 Å². The molecule has 0 aliphatic rings. The Kier molecular flexibility index (Phi) is 3.70. The second-order valence-electron chi connectivity index (χ2n) is 3.04. The molecular weight excluding hydrogens is 214 g/mol. The molecule has 0 spiro atoms. The number of carbonyl (C=O) groups is 1. The number of halogens is 1. The molecule has 0 saturated heterocycles. The maximum Gasteiger partial charge on any atom is 0.337 e. The molecule has 1 N–H and O–H groups in total. The molecule has 4 heteroatoms. The van der Waals surface area contributed by atoms with Crippen molar-refractivity contribution in [2.45, 2.75) is 19.2 Å². The Bertz CT molecular complexity index is 435. The molecule has 0 bridgehead atoms.